The van der Waals surface area contributed by atoms with Crippen LogP contribution in [0.3, 0.4) is 0 Å². The lowest BCUT2D eigenvalue weighted by Crippen LogP contribution is -2.35. The Morgan fingerprint density at radius 2 is 1.96 bits per heavy atom. The highest BCUT2D eigenvalue weighted by molar-refractivity contribution is 6.47. The van der Waals surface area contributed by atoms with Crippen LogP contribution in [-0.4, -0.2) is 42.1 Å². The van der Waals surface area contributed by atoms with Gasteiger partial charge in [-0.3, -0.25) is 4.79 Å². The smallest absolute Gasteiger partial charge is 0.526 e. The molecule has 0 saturated heterocycles. The molecule has 0 unspecified atom stereocenters. The molecule has 0 spiro atoms. The number of carbonyl (C=O) groups is 2. The number of aromatic carboxylic acids is 1. The van der Waals surface area contributed by atoms with Gasteiger partial charge in [-0.15, -0.1) is 0 Å². The standard InChI is InChI=1S/C20H23BN2O5/c22-8-9-23-12-13-4-6-14(7-5-13)18(24)11-16-10-15-2-1-3-17(20(25)26)19(15)28-21(16)27/h1-7,16,23,27H,8-12,22H2,(H,25,26)/t16-/m1/s1. The zero-order valence-electron chi connectivity index (χ0n) is 15.4. The van der Waals surface area contributed by atoms with E-state index < -0.39 is 18.9 Å². The summed E-state index contributed by atoms with van der Waals surface area (Å²) in [6.07, 6.45) is 0.493. The Hall–Kier alpha value is -2.68. The van der Waals surface area contributed by atoms with Crippen LogP contribution in [0.4, 0.5) is 0 Å². The highest BCUT2D eigenvalue weighted by Crippen LogP contribution is 2.36. The number of hydrogen-bond donors (Lipinski definition) is 4. The van der Waals surface area contributed by atoms with E-state index in [1.165, 1.54) is 6.07 Å². The van der Waals surface area contributed by atoms with Crippen LogP contribution >= 0.6 is 0 Å². The van der Waals surface area contributed by atoms with E-state index in [0.29, 0.717) is 30.6 Å². The fourth-order valence-electron chi connectivity index (χ4n) is 3.33. The summed E-state index contributed by atoms with van der Waals surface area (Å²) < 4.78 is 5.45. The van der Waals surface area contributed by atoms with Gasteiger partial charge in [0.15, 0.2) is 5.78 Å². The summed E-state index contributed by atoms with van der Waals surface area (Å²) in [4.78, 5) is 23.9. The van der Waals surface area contributed by atoms with Gasteiger partial charge in [0.25, 0.3) is 0 Å². The first-order chi connectivity index (χ1) is 13.5. The van der Waals surface area contributed by atoms with Gasteiger partial charge in [0.2, 0.25) is 0 Å². The molecular formula is C20H23BN2O5. The molecule has 1 aliphatic rings. The van der Waals surface area contributed by atoms with E-state index in [0.717, 1.165) is 12.1 Å². The molecule has 0 aliphatic carbocycles. The molecular weight excluding hydrogens is 359 g/mol. The van der Waals surface area contributed by atoms with E-state index in [-0.39, 0.29) is 23.5 Å². The fourth-order valence-corrected chi connectivity index (χ4v) is 3.33. The number of nitrogens with one attached hydrogen (secondary N) is 1. The Labute approximate surface area is 163 Å². The number of hydrogen-bond acceptors (Lipinski definition) is 6. The minimum atomic E-state index is -1.23. The molecule has 0 amide bonds. The molecule has 7 nitrogen and oxygen atoms in total. The van der Waals surface area contributed by atoms with Gasteiger partial charge in [-0.2, -0.15) is 0 Å². The second-order valence-corrected chi connectivity index (χ2v) is 6.86. The van der Waals surface area contributed by atoms with Crippen molar-refractivity contribution in [2.45, 2.75) is 25.2 Å². The van der Waals surface area contributed by atoms with Crippen molar-refractivity contribution >= 4 is 18.9 Å². The van der Waals surface area contributed by atoms with Crippen LogP contribution in [0.15, 0.2) is 42.5 Å². The zero-order chi connectivity index (χ0) is 20.1. The molecule has 0 radical (unpaired) electrons. The minimum Gasteiger partial charge on any atom is -0.535 e. The predicted molar refractivity (Wildman–Crippen MR) is 106 cm³/mol. The lowest BCUT2D eigenvalue weighted by molar-refractivity contribution is 0.0693. The highest BCUT2D eigenvalue weighted by Gasteiger charge is 2.37. The van der Waals surface area contributed by atoms with Crippen molar-refractivity contribution in [1.82, 2.24) is 5.32 Å². The topological polar surface area (TPSA) is 122 Å². The highest BCUT2D eigenvalue weighted by atomic mass is 16.5. The van der Waals surface area contributed by atoms with Crippen LogP contribution in [0, 0.1) is 0 Å². The van der Waals surface area contributed by atoms with Gasteiger partial charge in [-0.25, -0.2) is 4.79 Å². The summed E-state index contributed by atoms with van der Waals surface area (Å²) in [7, 11) is -1.23. The maximum Gasteiger partial charge on any atom is 0.526 e. The first kappa shape index (κ1) is 20.1. The molecule has 0 fully saturated rings. The Morgan fingerprint density at radius 3 is 2.64 bits per heavy atom. The molecule has 8 heteroatoms. The van der Waals surface area contributed by atoms with Gasteiger partial charge in [-0.05, 0) is 23.6 Å². The Kier molecular flexibility index (Phi) is 6.46. The van der Waals surface area contributed by atoms with Crippen molar-refractivity contribution in [2.24, 2.45) is 5.73 Å². The van der Waals surface area contributed by atoms with Crippen LogP contribution in [0.2, 0.25) is 5.82 Å². The summed E-state index contributed by atoms with van der Waals surface area (Å²) in [5.41, 5.74) is 7.77. The number of nitrogens with two attached hydrogens (primary N) is 1. The number of rotatable bonds is 8. The summed E-state index contributed by atoms with van der Waals surface area (Å²) in [5, 5.41) is 22.7. The number of carboxylic acids is 1. The van der Waals surface area contributed by atoms with E-state index in [2.05, 4.69) is 5.32 Å². The molecule has 5 N–H and O–H groups in total. The quantitative estimate of drug-likeness (QED) is 0.310. The molecule has 2 aromatic rings. The average Bonchev–Trinajstić information content (AvgIpc) is 2.68. The number of Topliss-reactive ketones (excluding diaryl/α,β-unsaturated/α-hetero) is 1. The van der Waals surface area contributed by atoms with E-state index in [1.807, 2.05) is 12.1 Å². The third-order valence-corrected chi connectivity index (χ3v) is 4.82. The third-order valence-electron chi connectivity index (χ3n) is 4.82. The molecule has 146 valence electrons. The first-order valence-electron chi connectivity index (χ1n) is 9.22. The van der Waals surface area contributed by atoms with Crippen molar-refractivity contribution in [2.75, 3.05) is 13.1 Å². The van der Waals surface area contributed by atoms with Gasteiger partial charge in [0.05, 0.1) is 5.56 Å². The Morgan fingerprint density at radius 1 is 1.21 bits per heavy atom. The van der Waals surface area contributed by atoms with Crippen molar-refractivity contribution in [1.29, 1.82) is 0 Å². The summed E-state index contributed by atoms with van der Waals surface area (Å²) in [6.45, 7) is 1.98. The average molecular weight is 382 g/mol. The van der Waals surface area contributed by atoms with Crippen LogP contribution in [0.5, 0.6) is 5.75 Å². The molecule has 0 saturated carbocycles. The van der Waals surface area contributed by atoms with Crippen LogP contribution in [-0.2, 0) is 13.0 Å². The van der Waals surface area contributed by atoms with Gasteiger partial charge in [0, 0.05) is 37.4 Å². The fraction of sp³-hybridized carbons (Fsp3) is 0.300. The number of para-hydroxylation sites is 1. The molecule has 0 bridgehead atoms. The number of carbonyl (C=O) groups excluding carboxylic acids is 1. The molecule has 3 rings (SSSR count). The SMILES string of the molecule is NCCNCc1ccc(C(=O)C[C@H]2Cc3cccc(C(=O)O)c3OB2O)cc1. The number of ketones is 1. The molecule has 28 heavy (non-hydrogen) atoms. The maximum absolute atomic E-state index is 12.6. The maximum atomic E-state index is 12.6. The second kappa shape index (κ2) is 9.01. The van der Waals surface area contributed by atoms with E-state index >= 15 is 0 Å². The monoisotopic (exact) mass is 382 g/mol. The van der Waals surface area contributed by atoms with Gasteiger partial charge in [-0.1, -0.05) is 36.4 Å². The van der Waals surface area contributed by atoms with Crippen LogP contribution in [0.1, 0.15) is 38.3 Å². The number of carboxylic acid groups (broad SMARTS) is 1. The first-order valence-corrected chi connectivity index (χ1v) is 9.22. The van der Waals surface area contributed by atoms with Gasteiger partial charge < -0.3 is 25.8 Å². The van der Waals surface area contributed by atoms with E-state index in [1.54, 1.807) is 24.3 Å². The van der Waals surface area contributed by atoms with Crippen LogP contribution < -0.4 is 15.7 Å². The zero-order valence-corrected chi connectivity index (χ0v) is 15.4. The predicted octanol–water partition coefficient (Wildman–Crippen LogP) is 1.49. The Balaban J connectivity index is 1.66. The molecule has 1 aliphatic heterocycles. The lowest BCUT2D eigenvalue weighted by atomic mass is 9.64. The largest absolute Gasteiger partial charge is 0.535 e. The number of benzene rings is 2. The molecule has 2 aromatic carbocycles. The van der Waals surface area contributed by atoms with E-state index in [4.69, 9.17) is 10.4 Å². The van der Waals surface area contributed by atoms with Gasteiger partial charge >= 0.3 is 13.1 Å². The lowest BCUT2D eigenvalue weighted by Gasteiger charge is -2.28. The van der Waals surface area contributed by atoms with Crippen molar-refractivity contribution < 1.29 is 24.4 Å². The summed E-state index contributed by atoms with van der Waals surface area (Å²) in [5.74, 6) is -1.46. The second-order valence-electron chi connectivity index (χ2n) is 6.86. The third kappa shape index (κ3) is 4.59. The number of fused-ring (bicyclic) bond motifs is 1. The van der Waals surface area contributed by atoms with Gasteiger partial charge in [0.1, 0.15) is 5.75 Å². The Bertz CT molecular complexity index is 856. The van der Waals surface area contributed by atoms with Crippen molar-refractivity contribution in [3.05, 3.63) is 64.7 Å². The molecule has 1 atom stereocenters. The summed E-state index contributed by atoms with van der Waals surface area (Å²) >= 11 is 0. The van der Waals surface area contributed by atoms with Crippen molar-refractivity contribution in [3.8, 4) is 5.75 Å². The van der Waals surface area contributed by atoms with Crippen LogP contribution in [0.25, 0.3) is 0 Å². The minimum absolute atomic E-state index is 0.0140. The summed E-state index contributed by atoms with van der Waals surface area (Å²) in [6, 6.07) is 12.2. The van der Waals surface area contributed by atoms with E-state index in [9.17, 15) is 19.7 Å². The molecule has 0 aromatic heterocycles. The molecule has 1 heterocycles. The van der Waals surface area contributed by atoms with Crippen molar-refractivity contribution in [3.63, 3.8) is 0 Å². The normalized spacial score (nSPS) is 15.6.